The van der Waals surface area contributed by atoms with Gasteiger partial charge in [0.05, 0.1) is 0 Å². The molecule has 4 nitrogen and oxygen atoms in total. The second-order valence-corrected chi connectivity index (χ2v) is 2.37. The molecule has 1 aromatic heterocycles. The summed E-state index contributed by atoms with van der Waals surface area (Å²) in [5.41, 5.74) is 0.682. The summed E-state index contributed by atoms with van der Waals surface area (Å²) >= 11 is 0. The van der Waals surface area contributed by atoms with Crippen molar-refractivity contribution in [1.29, 1.82) is 0 Å². The predicted octanol–water partition coefficient (Wildman–Crippen LogP) is -0.0932. The van der Waals surface area contributed by atoms with Crippen LogP contribution in [-0.4, -0.2) is 0 Å². The first-order valence-corrected chi connectivity index (χ1v) is 3.41. The number of nitrogens with zero attached hydrogens (tertiary/aromatic N) is 2. The van der Waals surface area contributed by atoms with Crippen LogP contribution in [0.1, 0.15) is 0 Å². The van der Waals surface area contributed by atoms with Gasteiger partial charge in [-0.1, -0.05) is 12.1 Å². The highest BCUT2D eigenvalue weighted by molar-refractivity contribution is 5.66. The Kier molecular flexibility index (Phi) is 1.33. The molecule has 0 fully saturated rings. The molecule has 0 aliphatic rings. The fourth-order valence-corrected chi connectivity index (χ4v) is 1.07. The zero-order chi connectivity index (χ0) is 8.55. The van der Waals surface area contributed by atoms with Crippen molar-refractivity contribution < 1.29 is 9.46 Å². The van der Waals surface area contributed by atoms with Gasteiger partial charge in [-0.2, -0.15) is 4.73 Å². The number of rotatable bonds is 0. The molecule has 0 N–H and O–H groups in total. The van der Waals surface area contributed by atoms with E-state index in [1.165, 1.54) is 0 Å². The van der Waals surface area contributed by atoms with Gasteiger partial charge in [0.2, 0.25) is 0 Å². The Morgan fingerprint density at radius 3 is 2.42 bits per heavy atom. The Hall–Kier alpha value is -1.84. The van der Waals surface area contributed by atoms with Gasteiger partial charge >= 0.3 is 6.20 Å². The van der Waals surface area contributed by atoms with E-state index in [1.54, 1.807) is 24.3 Å². The molecule has 0 aliphatic heterocycles. The van der Waals surface area contributed by atoms with Crippen LogP contribution in [0.25, 0.3) is 11.0 Å². The first-order chi connectivity index (χ1) is 5.79. The number of para-hydroxylation sites is 2. The van der Waals surface area contributed by atoms with Crippen molar-refractivity contribution in [3.63, 3.8) is 0 Å². The molecule has 0 saturated heterocycles. The molecule has 1 radical (unpaired) electrons. The van der Waals surface area contributed by atoms with Gasteiger partial charge in [-0.05, 0) is 0 Å². The third-order valence-electron chi connectivity index (χ3n) is 1.63. The molecule has 59 valence electrons. The number of fused-ring (bicyclic) bond motifs is 1. The van der Waals surface area contributed by atoms with Crippen molar-refractivity contribution in [2.24, 2.45) is 0 Å². The lowest BCUT2D eigenvalue weighted by atomic mass is 10.3. The minimum atomic E-state index is 0.329. The van der Waals surface area contributed by atoms with Crippen molar-refractivity contribution in [3.05, 3.63) is 47.1 Å². The molecular weight excluding hydrogens is 156 g/mol. The Balaban J connectivity index is 2.95. The first kappa shape index (κ1) is 6.84. The lowest BCUT2D eigenvalue weighted by molar-refractivity contribution is -0.631. The normalized spacial score (nSPS) is 10.3. The summed E-state index contributed by atoms with van der Waals surface area (Å²) in [6, 6.07) is 6.57. The Bertz CT molecular complexity index is 388. The smallest absolute Gasteiger partial charge is 0.362 e. The van der Waals surface area contributed by atoms with E-state index in [2.05, 4.69) is 6.20 Å². The molecule has 1 heterocycles. The van der Waals surface area contributed by atoms with Gasteiger partial charge in [-0.3, -0.25) is 0 Å². The van der Waals surface area contributed by atoms with Crippen LogP contribution in [0.5, 0.6) is 0 Å². The predicted molar refractivity (Wildman–Crippen MR) is 40.7 cm³/mol. The van der Waals surface area contributed by atoms with Crippen molar-refractivity contribution in [1.82, 2.24) is 0 Å². The average molecular weight is 161 g/mol. The molecule has 2 aromatic rings. The zero-order valence-corrected chi connectivity index (χ0v) is 6.10. The van der Waals surface area contributed by atoms with Gasteiger partial charge in [0, 0.05) is 12.1 Å². The van der Waals surface area contributed by atoms with Gasteiger partial charge < -0.3 is 10.4 Å². The van der Waals surface area contributed by atoms with E-state index >= 15 is 0 Å². The van der Waals surface area contributed by atoms with Crippen LogP contribution in [0.2, 0.25) is 0 Å². The highest BCUT2D eigenvalue weighted by Crippen LogP contribution is 2.01. The van der Waals surface area contributed by atoms with E-state index in [0.717, 1.165) is 6.20 Å². The second kappa shape index (κ2) is 2.34. The molecule has 2 rings (SSSR count). The van der Waals surface area contributed by atoms with Gasteiger partial charge in [0.25, 0.3) is 17.2 Å². The van der Waals surface area contributed by atoms with Crippen LogP contribution in [0.4, 0.5) is 0 Å². The summed E-state index contributed by atoms with van der Waals surface area (Å²) in [6.07, 6.45) is 3.32. The minimum Gasteiger partial charge on any atom is -0.618 e. The van der Waals surface area contributed by atoms with Crippen molar-refractivity contribution >= 4 is 11.0 Å². The largest absolute Gasteiger partial charge is 0.618 e. The van der Waals surface area contributed by atoms with E-state index in [0.29, 0.717) is 20.5 Å². The summed E-state index contributed by atoms with van der Waals surface area (Å²) in [6.45, 7) is 0. The van der Waals surface area contributed by atoms with Crippen LogP contribution in [0.15, 0.2) is 30.5 Å². The summed E-state index contributed by atoms with van der Waals surface area (Å²) in [5.74, 6) is 0. The van der Waals surface area contributed by atoms with E-state index in [-0.39, 0.29) is 0 Å². The lowest BCUT2D eigenvalue weighted by Crippen LogP contribution is -2.37. The number of benzene rings is 1. The Morgan fingerprint density at radius 1 is 1.08 bits per heavy atom. The van der Waals surface area contributed by atoms with E-state index in [9.17, 15) is 10.4 Å². The van der Waals surface area contributed by atoms with Crippen LogP contribution in [-0.2, 0) is 0 Å². The number of aromatic nitrogens is 2. The first-order valence-electron chi connectivity index (χ1n) is 3.41. The molecule has 0 aliphatic carbocycles. The molecule has 4 heteroatoms. The van der Waals surface area contributed by atoms with Gasteiger partial charge in [-0.25, -0.2) is 0 Å². The quantitative estimate of drug-likeness (QED) is 0.400. The van der Waals surface area contributed by atoms with Crippen LogP contribution < -0.4 is 9.46 Å². The number of hydrogen-bond acceptors (Lipinski definition) is 2. The lowest BCUT2D eigenvalue weighted by Gasteiger charge is -1.99. The second-order valence-electron chi connectivity index (χ2n) is 2.37. The SMILES string of the molecule is [O-][n+]1[c]c[n+]([O-])c2ccccc21. The molecule has 0 bridgehead atoms. The van der Waals surface area contributed by atoms with Crippen LogP contribution in [0.3, 0.4) is 0 Å². The molecule has 0 saturated carbocycles. The molecule has 0 atom stereocenters. The fraction of sp³-hybridized carbons (Fsp3) is 0. The summed E-state index contributed by atoms with van der Waals surface area (Å²) in [7, 11) is 0. The van der Waals surface area contributed by atoms with Gasteiger partial charge in [-0.15, -0.1) is 4.73 Å². The van der Waals surface area contributed by atoms with E-state index < -0.39 is 0 Å². The van der Waals surface area contributed by atoms with E-state index in [4.69, 9.17) is 0 Å². The third kappa shape index (κ3) is 0.852. The molecule has 0 unspecified atom stereocenters. The maximum absolute atomic E-state index is 11.1. The van der Waals surface area contributed by atoms with Gasteiger partial charge in [0.1, 0.15) is 0 Å². The Morgan fingerprint density at radius 2 is 1.75 bits per heavy atom. The van der Waals surface area contributed by atoms with E-state index in [1.807, 2.05) is 0 Å². The molecule has 12 heavy (non-hydrogen) atoms. The monoisotopic (exact) mass is 161 g/mol. The maximum Gasteiger partial charge on any atom is 0.362 e. The average Bonchev–Trinajstić information content (AvgIpc) is 2.12. The molecule has 0 amide bonds. The van der Waals surface area contributed by atoms with Crippen LogP contribution >= 0.6 is 0 Å². The molecular formula is C8H5N2O2. The highest BCUT2D eigenvalue weighted by Gasteiger charge is 2.10. The van der Waals surface area contributed by atoms with Crippen molar-refractivity contribution in [3.8, 4) is 0 Å². The third-order valence-corrected chi connectivity index (χ3v) is 1.63. The summed E-state index contributed by atoms with van der Waals surface area (Å²) in [5, 5.41) is 22.1. The molecule has 1 aromatic carbocycles. The fourth-order valence-electron chi connectivity index (χ4n) is 1.07. The summed E-state index contributed by atoms with van der Waals surface area (Å²) < 4.78 is 1.16. The molecule has 0 spiro atoms. The standard InChI is InChI=1S/C8H5N2O2/c11-9-5-6-10(12)8-4-2-1-3-7(8)9/h1-5H. The van der Waals surface area contributed by atoms with Crippen molar-refractivity contribution in [2.45, 2.75) is 0 Å². The zero-order valence-electron chi connectivity index (χ0n) is 6.10. The topological polar surface area (TPSA) is 53.9 Å². The maximum atomic E-state index is 11.1. The number of hydrogen-bond donors (Lipinski definition) is 0. The Labute approximate surface area is 68.5 Å². The van der Waals surface area contributed by atoms with Crippen molar-refractivity contribution in [2.75, 3.05) is 0 Å². The minimum absolute atomic E-state index is 0.329. The summed E-state index contributed by atoms with van der Waals surface area (Å²) in [4.78, 5) is 0. The highest BCUT2D eigenvalue weighted by atomic mass is 16.5. The van der Waals surface area contributed by atoms with Gasteiger partial charge in [0.15, 0.2) is 0 Å². The van der Waals surface area contributed by atoms with Crippen LogP contribution in [0, 0.1) is 16.6 Å².